The summed E-state index contributed by atoms with van der Waals surface area (Å²) in [7, 11) is 0. The van der Waals surface area contributed by atoms with E-state index < -0.39 is 24.0 Å². The lowest BCUT2D eigenvalue weighted by Crippen LogP contribution is -2.46. The number of carbonyl (C=O) groups excluding carboxylic acids is 1. The van der Waals surface area contributed by atoms with Gasteiger partial charge in [0.25, 0.3) is 5.91 Å². The molecule has 0 fully saturated rings. The monoisotopic (exact) mass is 316 g/mol. The van der Waals surface area contributed by atoms with Crippen LogP contribution in [-0.4, -0.2) is 34.2 Å². The minimum absolute atomic E-state index is 0.222. The molecule has 0 radical (unpaired) electrons. The van der Waals surface area contributed by atoms with Crippen molar-refractivity contribution >= 4 is 33.5 Å². The molecule has 98 valence electrons. The van der Waals surface area contributed by atoms with Crippen LogP contribution in [0.1, 0.15) is 17.3 Å². The predicted octanol–water partition coefficient (Wildman–Crippen LogP) is 0.597. The molecule has 18 heavy (non-hydrogen) atoms. The molecule has 0 bridgehead atoms. The van der Waals surface area contributed by atoms with Crippen molar-refractivity contribution < 1.29 is 19.8 Å². The van der Waals surface area contributed by atoms with Crippen LogP contribution in [0, 0.1) is 0 Å². The van der Waals surface area contributed by atoms with Crippen LogP contribution in [0.4, 0.5) is 5.69 Å². The van der Waals surface area contributed by atoms with Crippen LogP contribution in [-0.2, 0) is 4.79 Å². The number of rotatable bonds is 4. The summed E-state index contributed by atoms with van der Waals surface area (Å²) < 4.78 is 0.731. The quantitative estimate of drug-likeness (QED) is 0.607. The summed E-state index contributed by atoms with van der Waals surface area (Å²) in [6.07, 6.45) is 0. The van der Waals surface area contributed by atoms with Gasteiger partial charge in [0.15, 0.2) is 5.60 Å². The standard InChI is InChI=1S/C11H13BrN2O4/c1-11(18,10(16)17)5-14-9(15)7-3-2-6(12)4-8(7)13/h2-4,18H,5,13H2,1H3,(H,14,15)(H,16,17). The summed E-state index contributed by atoms with van der Waals surface area (Å²) in [5.41, 5.74) is 4.12. The van der Waals surface area contributed by atoms with E-state index in [9.17, 15) is 14.7 Å². The van der Waals surface area contributed by atoms with Gasteiger partial charge >= 0.3 is 5.97 Å². The molecule has 5 N–H and O–H groups in total. The highest BCUT2D eigenvalue weighted by Crippen LogP contribution is 2.18. The molecule has 1 amide bonds. The second-order valence-electron chi connectivity index (χ2n) is 3.99. The number of carboxylic acid groups (broad SMARTS) is 1. The molecule has 0 aromatic heterocycles. The van der Waals surface area contributed by atoms with Crippen molar-refractivity contribution in [3.63, 3.8) is 0 Å². The molecule has 0 saturated carbocycles. The minimum Gasteiger partial charge on any atom is -0.479 e. The van der Waals surface area contributed by atoms with E-state index in [0.717, 1.165) is 11.4 Å². The fourth-order valence-electron chi connectivity index (χ4n) is 1.16. The molecule has 1 atom stereocenters. The van der Waals surface area contributed by atoms with Crippen molar-refractivity contribution in [3.8, 4) is 0 Å². The van der Waals surface area contributed by atoms with Crippen LogP contribution >= 0.6 is 15.9 Å². The first-order valence-electron chi connectivity index (χ1n) is 5.03. The predicted molar refractivity (Wildman–Crippen MR) is 69.1 cm³/mol. The Morgan fingerprint density at radius 2 is 2.11 bits per heavy atom. The van der Waals surface area contributed by atoms with Gasteiger partial charge in [-0.15, -0.1) is 0 Å². The molecule has 0 aliphatic heterocycles. The Labute approximate surface area is 112 Å². The summed E-state index contributed by atoms with van der Waals surface area (Å²) in [6, 6.07) is 4.70. The average molecular weight is 317 g/mol. The average Bonchev–Trinajstić information content (AvgIpc) is 2.25. The molecule has 1 aromatic carbocycles. The lowest BCUT2D eigenvalue weighted by molar-refractivity contribution is -0.155. The number of aliphatic carboxylic acids is 1. The Balaban J connectivity index is 2.75. The molecule has 0 aliphatic carbocycles. The van der Waals surface area contributed by atoms with Gasteiger partial charge in [-0.25, -0.2) is 4.79 Å². The number of amides is 1. The molecular formula is C11H13BrN2O4. The number of hydrogen-bond donors (Lipinski definition) is 4. The number of hydrogen-bond acceptors (Lipinski definition) is 4. The number of aliphatic hydroxyl groups is 1. The van der Waals surface area contributed by atoms with E-state index in [-0.39, 0.29) is 11.3 Å². The molecule has 6 nitrogen and oxygen atoms in total. The zero-order valence-corrected chi connectivity index (χ0v) is 11.2. The molecule has 1 rings (SSSR count). The zero-order valence-electron chi connectivity index (χ0n) is 9.61. The molecular weight excluding hydrogens is 304 g/mol. The van der Waals surface area contributed by atoms with Gasteiger partial charge < -0.3 is 21.3 Å². The number of carbonyl (C=O) groups is 2. The normalized spacial score (nSPS) is 13.7. The molecule has 1 aromatic rings. The maximum absolute atomic E-state index is 11.7. The summed E-state index contributed by atoms with van der Waals surface area (Å²) in [5.74, 6) is -1.95. The maximum Gasteiger partial charge on any atom is 0.337 e. The van der Waals surface area contributed by atoms with Gasteiger partial charge in [0.2, 0.25) is 0 Å². The van der Waals surface area contributed by atoms with Crippen molar-refractivity contribution in [2.45, 2.75) is 12.5 Å². The number of nitrogens with two attached hydrogens (primary N) is 1. The molecule has 0 saturated heterocycles. The number of nitrogen functional groups attached to an aromatic ring is 1. The van der Waals surface area contributed by atoms with E-state index in [2.05, 4.69) is 21.2 Å². The SMILES string of the molecule is CC(O)(CNC(=O)c1ccc(Br)cc1N)C(=O)O. The Bertz CT molecular complexity index is 488. The third-order valence-corrected chi connectivity index (χ3v) is 2.81. The minimum atomic E-state index is -2.01. The molecule has 0 spiro atoms. The largest absolute Gasteiger partial charge is 0.479 e. The Morgan fingerprint density at radius 3 is 2.61 bits per heavy atom. The maximum atomic E-state index is 11.7. The van der Waals surface area contributed by atoms with E-state index in [1.165, 1.54) is 6.07 Å². The molecule has 1 unspecified atom stereocenters. The number of benzene rings is 1. The van der Waals surface area contributed by atoms with Crippen molar-refractivity contribution in [1.82, 2.24) is 5.32 Å². The van der Waals surface area contributed by atoms with E-state index in [1.807, 2.05) is 0 Å². The lowest BCUT2D eigenvalue weighted by Gasteiger charge is -2.18. The lowest BCUT2D eigenvalue weighted by atomic mass is 10.1. The fraction of sp³-hybridized carbons (Fsp3) is 0.273. The topological polar surface area (TPSA) is 113 Å². The van der Waals surface area contributed by atoms with Gasteiger partial charge in [-0.3, -0.25) is 4.79 Å². The van der Waals surface area contributed by atoms with E-state index in [0.29, 0.717) is 0 Å². The van der Waals surface area contributed by atoms with Gasteiger partial charge in [0, 0.05) is 10.2 Å². The smallest absolute Gasteiger partial charge is 0.337 e. The van der Waals surface area contributed by atoms with Gasteiger partial charge in [0.1, 0.15) is 0 Å². The highest BCUT2D eigenvalue weighted by molar-refractivity contribution is 9.10. The van der Waals surface area contributed by atoms with Crippen molar-refractivity contribution in [2.75, 3.05) is 12.3 Å². The van der Waals surface area contributed by atoms with Crippen LogP contribution in [0.2, 0.25) is 0 Å². The highest BCUT2D eigenvalue weighted by atomic mass is 79.9. The summed E-state index contributed by atoms with van der Waals surface area (Å²) in [5, 5.41) is 20.4. The van der Waals surface area contributed by atoms with Gasteiger partial charge in [-0.2, -0.15) is 0 Å². The third kappa shape index (κ3) is 3.44. The first-order valence-corrected chi connectivity index (χ1v) is 5.82. The van der Waals surface area contributed by atoms with Crippen molar-refractivity contribution in [3.05, 3.63) is 28.2 Å². The molecule has 0 aliphatic rings. The Kier molecular flexibility index (Phi) is 4.31. The molecule has 7 heteroatoms. The Morgan fingerprint density at radius 1 is 1.50 bits per heavy atom. The summed E-state index contributed by atoms with van der Waals surface area (Å²) in [6.45, 7) is 0.692. The third-order valence-electron chi connectivity index (χ3n) is 2.31. The van der Waals surface area contributed by atoms with Crippen LogP contribution in [0.15, 0.2) is 22.7 Å². The zero-order chi connectivity index (χ0) is 13.9. The van der Waals surface area contributed by atoms with Crippen LogP contribution in [0.3, 0.4) is 0 Å². The van der Waals surface area contributed by atoms with Gasteiger partial charge in [-0.1, -0.05) is 15.9 Å². The highest BCUT2D eigenvalue weighted by Gasteiger charge is 2.30. The number of carboxylic acids is 1. The first-order chi connectivity index (χ1) is 8.24. The van der Waals surface area contributed by atoms with Crippen molar-refractivity contribution in [1.29, 1.82) is 0 Å². The van der Waals surface area contributed by atoms with Crippen LogP contribution in [0.25, 0.3) is 0 Å². The first kappa shape index (κ1) is 14.5. The van der Waals surface area contributed by atoms with Crippen LogP contribution in [0.5, 0.6) is 0 Å². The molecule has 0 heterocycles. The van der Waals surface area contributed by atoms with E-state index in [4.69, 9.17) is 10.8 Å². The summed E-state index contributed by atoms with van der Waals surface area (Å²) in [4.78, 5) is 22.4. The second-order valence-corrected chi connectivity index (χ2v) is 4.91. The van der Waals surface area contributed by atoms with E-state index in [1.54, 1.807) is 12.1 Å². The number of nitrogens with one attached hydrogen (secondary N) is 1. The van der Waals surface area contributed by atoms with Crippen LogP contribution < -0.4 is 11.1 Å². The van der Waals surface area contributed by atoms with Gasteiger partial charge in [-0.05, 0) is 25.1 Å². The van der Waals surface area contributed by atoms with E-state index >= 15 is 0 Å². The Hall–Kier alpha value is -1.60. The van der Waals surface area contributed by atoms with Gasteiger partial charge in [0.05, 0.1) is 12.1 Å². The fourth-order valence-corrected chi connectivity index (χ4v) is 1.54. The summed E-state index contributed by atoms with van der Waals surface area (Å²) >= 11 is 3.21. The second kappa shape index (κ2) is 5.36. The number of halogens is 1. The number of anilines is 1. The van der Waals surface area contributed by atoms with Crippen molar-refractivity contribution in [2.24, 2.45) is 0 Å².